The van der Waals surface area contributed by atoms with Crippen LogP contribution in [0.25, 0.3) is 0 Å². The first-order valence-corrected chi connectivity index (χ1v) is 9.36. The summed E-state index contributed by atoms with van der Waals surface area (Å²) in [7, 11) is 0. The molecule has 3 rings (SSSR count). The van der Waals surface area contributed by atoms with E-state index >= 15 is 0 Å². The number of aryl methyl sites for hydroxylation is 3. The Hall–Kier alpha value is -3.80. The summed E-state index contributed by atoms with van der Waals surface area (Å²) in [4.78, 5) is 31.8. The number of rotatable bonds is 5. The molecule has 0 fully saturated rings. The van der Waals surface area contributed by atoms with E-state index in [-0.39, 0.29) is 23.4 Å². The number of hydrogen-bond donors (Lipinski definition) is 1. The van der Waals surface area contributed by atoms with Gasteiger partial charge in [-0.3, -0.25) is 14.2 Å². The molecule has 0 aliphatic heterocycles. The quantitative estimate of drug-likeness (QED) is 0.671. The molecule has 0 aliphatic carbocycles. The van der Waals surface area contributed by atoms with Crippen LogP contribution < -0.4 is 15.9 Å². The summed E-state index contributed by atoms with van der Waals surface area (Å²) in [6, 6.07) is 8.15. The van der Waals surface area contributed by atoms with Crippen molar-refractivity contribution in [1.29, 1.82) is 5.26 Å². The fourth-order valence-electron chi connectivity index (χ4n) is 3.23. The molecule has 0 spiro atoms. The third kappa shape index (κ3) is 4.69. The molecule has 0 radical (unpaired) electrons. The second-order valence-corrected chi connectivity index (χ2v) is 7.44. The Morgan fingerprint density at radius 1 is 1.19 bits per heavy atom. The molecule has 1 aromatic carbocycles. The van der Waals surface area contributed by atoms with Crippen molar-refractivity contribution < 1.29 is 13.5 Å². The molecule has 0 atom stereocenters. The average Bonchev–Trinajstić information content (AvgIpc) is 2.65. The summed E-state index contributed by atoms with van der Waals surface area (Å²) < 4.78 is 34.9. The monoisotopic (exact) mass is 426 g/mol. The van der Waals surface area contributed by atoms with Gasteiger partial charge < -0.3 is 9.72 Å². The molecule has 9 heteroatoms. The highest BCUT2D eigenvalue weighted by Crippen LogP contribution is 2.33. The van der Waals surface area contributed by atoms with Crippen molar-refractivity contribution in [3.8, 4) is 17.6 Å². The van der Waals surface area contributed by atoms with E-state index in [9.17, 15) is 18.4 Å². The SMILES string of the molecule is Cc1cc(C#N)cc(Oc2c(C(C)(F)F)ncn(Cc3c(C)cc(C)[nH]c3=O)c2=O)c1. The molecule has 160 valence electrons. The topological polar surface area (TPSA) is 101 Å². The van der Waals surface area contributed by atoms with Crippen molar-refractivity contribution in [2.24, 2.45) is 0 Å². The Morgan fingerprint density at radius 3 is 2.52 bits per heavy atom. The molecule has 0 saturated heterocycles. The standard InChI is InChI=1S/C22H20F2N4O3/c1-12-5-15(9-25)8-16(6-12)31-18-19(22(4,23)24)26-11-28(21(18)30)10-17-13(2)7-14(3)27-20(17)29/h5-8,11H,10H2,1-4H3,(H,27,29). The van der Waals surface area contributed by atoms with Gasteiger partial charge in [-0.15, -0.1) is 0 Å². The lowest BCUT2D eigenvalue weighted by Crippen LogP contribution is -2.29. The predicted molar refractivity (Wildman–Crippen MR) is 110 cm³/mol. The maximum absolute atomic E-state index is 14.2. The highest BCUT2D eigenvalue weighted by atomic mass is 19.3. The highest BCUT2D eigenvalue weighted by Gasteiger charge is 2.33. The fourth-order valence-corrected chi connectivity index (χ4v) is 3.23. The second-order valence-electron chi connectivity index (χ2n) is 7.44. The van der Waals surface area contributed by atoms with E-state index in [2.05, 4.69) is 9.97 Å². The van der Waals surface area contributed by atoms with E-state index in [1.165, 1.54) is 12.1 Å². The number of nitrogens with one attached hydrogen (secondary N) is 1. The van der Waals surface area contributed by atoms with Gasteiger partial charge in [0.25, 0.3) is 17.0 Å². The molecular formula is C22H20F2N4O3. The van der Waals surface area contributed by atoms with Crippen LogP contribution in [-0.2, 0) is 12.5 Å². The first kappa shape index (κ1) is 21.9. The Bertz CT molecular complexity index is 1310. The number of aromatic nitrogens is 3. The van der Waals surface area contributed by atoms with Gasteiger partial charge >= 0.3 is 0 Å². The number of halogens is 2. The van der Waals surface area contributed by atoms with Crippen LogP contribution in [0, 0.1) is 32.1 Å². The third-order valence-corrected chi connectivity index (χ3v) is 4.63. The zero-order valence-electron chi connectivity index (χ0n) is 17.4. The van der Waals surface area contributed by atoms with Gasteiger partial charge in [0, 0.05) is 18.2 Å². The Kier molecular flexibility index (Phi) is 5.75. The van der Waals surface area contributed by atoms with Gasteiger partial charge in [-0.1, -0.05) is 0 Å². The lowest BCUT2D eigenvalue weighted by atomic mass is 10.1. The smallest absolute Gasteiger partial charge is 0.297 e. The van der Waals surface area contributed by atoms with Crippen molar-refractivity contribution in [3.63, 3.8) is 0 Å². The summed E-state index contributed by atoms with van der Waals surface area (Å²) >= 11 is 0. The fraction of sp³-hybridized carbons (Fsp3) is 0.273. The van der Waals surface area contributed by atoms with Crippen LogP contribution in [0.4, 0.5) is 8.78 Å². The summed E-state index contributed by atoms with van der Waals surface area (Å²) in [5.74, 6) is -4.05. The summed E-state index contributed by atoms with van der Waals surface area (Å²) in [5.41, 5.74) is 0.449. The zero-order valence-corrected chi connectivity index (χ0v) is 17.4. The third-order valence-electron chi connectivity index (χ3n) is 4.63. The van der Waals surface area contributed by atoms with E-state index in [0.29, 0.717) is 29.3 Å². The molecule has 0 unspecified atom stereocenters. The van der Waals surface area contributed by atoms with Gasteiger partial charge in [0.2, 0.25) is 5.75 Å². The molecule has 7 nitrogen and oxygen atoms in total. The number of H-pyrrole nitrogens is 1. The van der Waals surface area contributed by atoms with E-state index in [4.69, 9.17) is 10.00 Å². The molecule has 0 aliphatic rings. The number of hydrogen-bond acceptors (Lipinski definition) is 5. The molecule has 2 heterocycles. The van der Waals surface area contributed by atoms with Gasteiger partial charge in [-0.25, -0.2) is 4.98 Å². The van der Waals surface area contributed by atoms with Crippen molar-refractivity contribution in [2.75, 3.05) is 0 Å². The predicted octanol–water partition coefficient (Wildman–Crippen LogP) is 3.68. The van der Waals surface area contributed by atoms with Gasteiger partial charge in [0.1, 0.15) is 5.75 Å². The zero-order chi connectivity index (χ0) is 22.9. The molecule has 0 saturated carbocycles. The Morgan fingerprint density at radius 2 is 1.90 bits per heavy atom. The van der Waals surface area contributed by atoms with E-state index in [1.54, 1.807) is 32.9 Å². The van der Waals surface area contributed by atoms with Gasteiger partial charge in [-0.05, 0) is 56.2 Å². The van der Waals surface area contributed by atoms with Crippen molar-refractivity contribution in [2.45, 2.75) is 40.2 Å². The number of pyridine rings is 1. The average molecular weight is 426 g/mol. The minimum absolute atomic E-state index is 0.0584. The summed E-state index contributed by atoms with van der Waals surface area (Å²) in [6.07, 6.45) is 0.970. The lowest BCUT2D eigenvalue weighted by molar-refractivity contribution is 0.0101. The van der Waals surface area contributed by atoms with Gasteiger partial charge in [-0.2, -0.15) is 14.0 Å². The Balaban J connectivity index is 2.14. The van der Waals surface area contributed by atoms with Crippen molar-refractivity contribution in [3.05, 3.63) is 84.9 Å². The molecular weight excluding hydrogens is 406 g/mol. The maximum atomic E-state index is 14.2. The molecule has 0 amide bonds. The normalized spacial score (nSPS) is 11.3. The largest absolute Gasteiger partial charge is 0.449 e. The minimum Gasteiger partial charge on any atom is -0.449 e. The van der Waals surface area contributed by atoms with Gasteiger partial charge in [0.05, 0.1) is 24.5 Å². The number of nitrogens with zero attached hydrogens (tertiary/aromatic N) is 3. The van der Waals surface area contributed by atoms with Crippen LogP contribution >= 0.6 is 0 Å². The number of aromatic amines is 1. The van der Waals surface area contributed by atoms with E-state index in [0.717, 1.165) is 10.9 Å². The van der Waals surface area contributed by atoms with Crippen LogP contribution in [-0.4, -0.2) is 14.5 Å². The molecule has 3 aromatic rings. The Labute approximate surface area is 176 Å². The van der Waals surface area contributed by atoms with Crippen LogP contribution in [0.1, 0.15) is 40.6 Å². The number of alkyl halides is 2. The van der Waals surface area contributed by atoms with Crippen LogP contribution in [0.15, 0.2) is 40.2 Å². The van der Waals surface area contributed by atoms with E-state index in [1.807, 2.05) is 6.07 Å². The summed E-state index contributed by atoms with van der Waals surface area (Å²) in [5, 5.41) is 9.13. The van der Waals surface area contributed by atoms with Crippen molar-refractivity contribution >= 4 is 0 Å². The molecule has 0 bridgehead atoms. The first-order chi connectivity index (χ1) is 14.5. The maximum Gasteiger partial charge on any atom is 0.297 e. The second kappa shape index (κ2) is 8.14. The lowest BCUT2D eigenvalue weighted by Gasteiger charge is -2.17. The summed E-state index contributed by atoms with van der Waals surface area (Å²) in [6.45, 7) is 5.59. The number of nitriles is 1. The molecule has 31 heavy (non-hydrogen) atoms. The highest BCUT2D eigenvalue weighted by molar-refractivity contribution is 5.43. The molecule has 2 aromatic heterocycles. The molecule has 1 N–H and O–H groups in total. The van der Waals surface area contributed by atoms with Crippen LogP contribution in [0.5, 0.6) is 11.5 Å². The number of benzene rings is 1. The van der Waals surface area contributed by atoms with Gasteiger partial charge in [0.15, 0.2) is 5.69 Å². The van der Waals surface area contributed by atoms with E-state index < -0.39 is 22.9 Å². The minimum atomic E-state index is -3.45. The van der Waals surface area contributed by atoms with Crippen molar-refractivity contribution in [1.82, 2.24) is 14.5 Å². The van der Waals surface area contributed by atoms with Crippen LogP contribution in [0.2, 0.25) is 0 Å². The number of ether oxygens (including phenoxy) is 1. The first-order valence-electron chi connectivity index (χ1n) is 9.36. The van der Waals surface area contributed by atoms with Crippen LogP contribution in [0.3, 0.4) is 0 Å².